The van der Waals surface area contributed by atoms with Gasteiger partial charge in [0.05, 0.1) is 0 Å². The van der Waals surface area contributed by atoms with Gasteiger partial charge < -0.3 is 10.6 Å². The molecule has 0 aliphatic rings. The molecule has 0 aliphatic heterocycles. The van der Waals surface area contributed by atoms with E-state index in [1.165, 1.54) is 0 Å². The molecule has 0 spiro atoms. The highest BCUT2D eigenvalue weighted by Crippen LogP contribution is 2.29. The Morgan fingerprint density at radius 3 is 2.04 bits per heavy atom. The number of benzene rings is 2. The molecule has 2 amide bonds. The van der Waals surface area contributed by atoms with Gasteiger partial charge in [0.25, 0.3) is 11.8 Å². The zero-order valence-electron chi connectivity index (χ0n) is 16.1. The largest absolute Gasteiger partial charge is 0.352 e. The number of carbonyl (C=O) groups is 2. The number of para-hydroxylation sites is 1. The van der Waals surface area contributed by atoms with E-state index in [4.69, 9.17) is 0 Å². The van der Waals surface area contributed by atoms with Crippen LogP contribution in [0, 0.1) is 0 Å². The van der Waals surface area contributed by atoms with Gasteiger partial charge in [0, 0.05) is 23.4 Å². The van der Waals surface area contributed by atoms with Crippen LogP contribution in [0.5, 0.6) is 0 Å². The van der Waals surface area contributed by atoms with E-state index in [0.29, 0.717) is 17.7 Å². The molecule has 0 heterocycles. The third-order valence-corrected chi connectivity index (χ3v) is 4.21. The van der Waals surface area contributed by atoms with Crippen LogP contribution in [0.3, 0.4) is 0 Å². The lowest BCUT2D eigenvalue weighted by atomic mass is 9.86. The number of rotatable bonds is 6. The van der Waals surface area contributed by atoms with Crippen LogP contribution in [0.2, 0.25) is 0 Å². The first kappa shape index (κ1) is 19.7. The van der Waals surface area contributed by atoms with E-state index in [1.54, 1.807) is 24.3 Å². The maximum absolute atomic E-state index is 12.6. The minimum Gasteiger partial charge on any atom is -0.352 e. The maximum atomic E-state index is 12.6. The first-order valence-corrected chi connectivity index (χ1v) is 9.12. The lowest BCUT2D eigenvalue weighted by Crippen LogP contribution is -2.24. The first-order valence-electron chi connectivity index (χ1n) is 9.12. The molecule has 0 radical (unpaired) electrons. The van der Waals surface area contributed by atoms with Crippen molar-refractivity contribution in [2.75, 3.05) is 11.9 Å². The molecule has 0 saturated carbocycles. The van der Waals surface area contributed by atoms with Crippen molar-refractivity contribution in [3.8, 4) is 0 Å². The average molecular weight is 352 g/mol. The summed E-state index contributed by atoms with van der Waals surface area (Å²) >= 11 is 0. The molecular weight excluding hydrogens is 324 g/mol. The van der Waals surface area contributed by atoms with Gasteiger partial charge in [-0.25, -0.2) is 0 Å². The number of nitrogens with one attached hydrogen (secondary N) is 2. The summed E-state index contributed by atoms with van der Waals surface area (Å²) in [6.07, 6.45) is 1.99. The third-order valence-electron chi connectivity index (χ3n) is 4.21. The minimum absolute atomic E-state index is 0.0652. The first-order chi connectivity index (χ1) is 12.3. The van der Waals surface area contributed by atoms with Crippen LogP contribution in [0.25, 0.3) is 0 Å². The Kier molecular flexibility index (Phi) is 6.56. The predicted octanol–water partition coefficient (Wildman–Crippen LogP) is 4.77. The molecular formula is C22H28N2O2. The second-order valence-corrected chi connectivity index (χ2v) is 7.44. The third kappa shape index (κ3) is 5.19. The molecule has 2 aromatic carbocycles. The van der Waals surface area contributed by atoms with Crippen molar-refractivity contribution in [1.29, 1.82) is 0 Å². The molecule has 138 valence electrons. The van der Waals surface area contributed by atoms with Crippen LogP contribution >= 0.6 is 0 Å². The topological polar surface area (TPSA) is 58.2 Å². The van der Waals surface area contributed by atoms with Crippen LogP contribution < -0.4 is 10.6 Å². The van der Waals surface area contributed by atoms with Crippen LogP contribution in [0.15, 0.2) is 48.5 Å². The molecule has 0 saturated heterocycles. The Hall–Kier alpha value is -2.62. The van der Waals surface area contributed by atoms with Gasteiger partial charge in [-0.05, 0) is 47.7 Å². The van der Waals surface area contributed by atoms with E-state index in [2.05, 4.69) is 38.3 Å². The van der Waals surface area contributed by atoms with Crippen molar-refractivity contribution >= 4 is 17.5 Å². The summed E-state index contributed by atoms with van der Waals surface area (Å²) in [5.74, 6) is -0.289. The number of carbonyl (C=O) groups excluding carboxylic acids is 2. The van der Waals surface area contributed by atoms with Gasteiger partial charge in [-0.3, -0.25) is 9.59 Å². The molecule has 2 rings (SSSR count). The van der Waals surface area contributed by atoms with Gasteiger partial charge in [0.1, 0.15) is 0 Å². The lowest BCUT2D eigenvalue weighted by Gasteiger charge is -2.23. The van der Waals surface area contributed by atoms with Crippen LogP contribution in [-0.4, -0.2) is 18.4 Å². The van der Waals surface area contributed by atoms with Gasteiger partial charge in [0.2, 0.25) is 0 Å². The molecule has 0 aromatic heterocycles. The predicted molar refractivity (Wildman–Crippen MR) is 107 cm³/mol. The van der Waals surface area contributed by atoms with E-state index in [1.807, 2.05) is 24.3 Å². The van der Waals surface area contributed by atoms with Gasteiger partial charge in [-0.2, -0.15) is 0 Å². The van der Waals surface area contributed by atoms with E-state index >= 15 is 0 Å². The summed E-state index contributed by atoms with van der Waals surface area (Å²) in [7, 11) is 0. The Labute approximate surface area is 156 Å². The summed E-state index contributed by atoms with van der Waals surface area (Å²) < 4.78 is 0. The van der Waals surface area contributed by atoms with E-state index < -0.39 is 0 Å². The molecule has 0 fully saturated rings. The highest BCUT2D eigenvalue weighted by molar-refractivity contribution is 6.05. The monoisotopic (exact) mass is 352 g/mol. The van der Waals surface area contributed by atoms with Crippen LogP contribution in [-0.2, 0) is 5.41 Å². The molecule has 0 atom stereocenters. The zero-order chi connectivity index (χ0) is 19.2. The van der Waals surface area contributed by atoms with Crippen molar-refractivity contribution in [1.82, 2.24) is 5.32 Å². The second kappa shape index (κ2) is 8.65. The summed E-state index contributed by atoms with van der Waals surface area (Å²) in [4.78, 5) is 24.6. The molecule has 26 heavy (non-hydrogen) atoms. The van der Waals surface area contributed by atoms with E-state index in [9.17, 15) is 9.59 Å². The highest BCUT2D eigenvalue weighted by Gasteiger charge is 2.19. The SMILES string of the molecule is CCCCNC(=O)c1ccc(C(=O)Nc2ccccc2C(C)(C)C)cc1. The molecule has 2 N–H and O–H groups in total. The fourth-order valence-corrected chi connectivity index (χ4v) is 2.69. The van der Waals surface area contributed by atoms with E-state index in [0.717, 1.165) is 24.1 Å². The molecule has 2 aromatic rings. The Balaban J connectivity index is 2.08. The molecule has 4 nitrogen and oxygen atoms in total. The fourth-order valence-electron chi connectivity index (χ4n) is 2.69. The molecule has 0 unspecified atom stereocenters. The molecule has 0 aliphatic carbocycles. The van der Waals surface area contributed by atoms with Gasteiger partial charge in [0.15, 0.2) is 0 Å². The maximum Gasteiger partial charge on any atom is 0.255 e. The summed E-state index contributed by atoms with van der Waals surface area (Å²) in [6.45, 7) is 9.09. The summed E-state index contributed by atoms with van der Waals surface area (Å²) in [6, 6.07) is 14.6. The van der Waals surface area contributed by atoms with Gasteiger partial charge in [-0.1, -0.05) is 52.3 Å². The number of unbranched alkanes of at least 4 members (excludes halogenated alkanes) is 1. The van der Waals surface area contributed by atoms with Gasteiger partial charge >= 0.3 is 0 Å². The van der Waals surface area contributed by atoms with Crippen LogP contribution in [0.4, 0.5) is 5.69 Å². The smallest absolute Gasteiger partial charge is 0.255 e. The highest BCUT2D eigenvalue weighted by atomic mass is 16.2. The Morgan fingerprint density at radius 2 is 1.46 bits per heavy atom. The number of hydrogen-bond acceptors (Lipinski definition) is 2. The Bertz CT molecular complexity index is 758. The van der Waals surface area contributed by atoms with Crippen molar-refractivity contribution in [2.24, 2.45) is 0 Å². The average Bonchev–Trinajstić information content (AvgIpc) is 2.61. The zero-order valence-corrected chi connectivity index (χ0v) is 16.1. The number of hydrogen-bond donors (Lipinski definition) is 2. The van der Waals surface area contributed by atoms with Crippen molar-refractivity contribution < 1.29 is 9.59 Å². The fraction of sp³-hybridized carbons (Fsp3) is 0.364. The molecule has 4 heteroatoms. The summed E-state index contributed by atoms with van der Waals surface area (Å²) in [5.41, 5.74) is 2.92. The number of anilines is 1. The standard InChI is InChI=1S/C22H28N2O2/c1-5-6-15-23-20(25)16-11-13-17(14-12-16)21(26)24-19-10-8-7-9-18(19)22(2,3)4/h7-14H,5-6,15H2,1-4H3,(H,23,25)(H,24,26). The summed E-state index contributed by atoms with van der Waals surface area (Å²) in [5, 5.41) is 5.86. The lowest BCUT2D eigenvalue weighted by molar-refractivity contribution is 0.0951. The number of amides is 2. The minimum atomic E-state index is -0.181. The van der Waals surface area contributed by atoms with Crippen LogP contribution in [0.1, 0.15) is 66.8 Å². The van der Waals surface area contributed by atoms with Crippen molar-refractivity contribution in [3.05, 3.63) is 65.2 Å². The molecule has 0 bridgehead atoms. The normalized spacial score (nSPS) is 11.1. The quantitative estimate of drug-likeness (QED) is 0.736. The second-order valence-electron chi connectivity index (χ2n) is 7.44. The van der Waals surface area contributed by atoms with E-state index in [-0.39, 0.29) is 17.2 Å². The van der Waals surface area contributed by atoms with Gasteiger partial charge in [-0.15, -0.1) is 0 Å². The van der Waals surface area contributed by atoms with Crippen molar-refractivity contribution in [3.63, 3.8) is 0 Å². The Morgan fingerprint density at radius 1 is 0.885 bits per heavy atom. The van der Waals surface area contributed by atoms with Crippen molar-refractivity contribution in [2.45, 2.75) is 46.0 Å².